The van der Waals surface area contributed by atoms with Gasteiger partial charge < -0.3 is 34.6 Å². The minimum atomic E-state index is -1.54. The summed E-state index contributed by atoms with van der Waals surface area (Å²) in [6.07, 6.45) is -0.220. The molecule has 4 N–H and O–H groups in total. The summed E-state index contributed by atoms with van der Waals surface area (Å²) in [4.78, 5) is 11.9. The number of allylic oxidation sites excluding steroid dienone is 4. The highest BCUT2D eigenvalue weighted by molar-refractivity contribution is 5.82. The van der Waals surface area contributed by atoms with E-state index in [9.17, 15) is 25.2 Å². The van der Waals surface area contributed by atoms with E-state index >= 15 is 0 Å². The molecule has 176 valence electrons. The van der Waals surface area contributed by atoms with Crippen molar-refractivity contribution in [3.8, 4) is 11.5 Å². The number of hydrogen-bond donors (Lipinski definition) is 4. The van der Waals surface area contributed by atoms with Crippen molar-refractivity contribution in [2.45, 2.75) is 77.2 Å². The van der Waals surface area contributed by atoms with Crippen LogP contribution in [0.3, 0.4) is 0 Å². The lowest BCUT2D eigenvalue weighted by molar-refractivity contribution is -0.277. The van der Waals surface area contributed by atoms with Crippen LogP contribution in [0.1, 0.15) is 44.7 Å². The molecule has 2 aliphatic heterocycles. The van der Waals surface area contributed by atoms with Gasteiger partial charge in [0, 0.05) is 11.1 Å². The van der Waals surface area contributed by atoms with E-state index in [1.165, 1.54) is 11.1 Å². The van der Waals surface area contributed by atoms with Gasteiger partial charge in [-0.1, -0.05) is 23.3 Å². The molecule has 1 fully saturated rings. The topological polar surface area (TPSA) is 126 Å². The number of aliphatic hydroxyl groups is 4. The first kappa shape index (κ1) is 24.4. The molecular weight excluding hydrogens is 416 g/mol. The number of hydrogen-bond acceptors (Lipinski definition) is 8. The smallest absolute Gasteiger partial charge is 0.315 e. The fraction of sp³-hybridized carbons (Fsp3) is 0.542. The standard InChI is InChI=1S/C24H32O8/c1-13(2)5-4-6-14(3)7-8-15-16-11-20(26)30-18(16)10-9-17(15)31-24-23(29)22(28)21(27)19(12-25)32-24/h5,7,9-10,19,21-25,27-29H,4,6,8,11-12H2,1-3H3/b14-7+/t19-,21-,22+,23-,24-/m1/s1. The average molecular weight is 449 g/mol. The number of ether oxygens (including phenoxy) is 3. The lowest BCUT2D eigenvalue weighted by Gasteiger charge is -2.39. The molecule has 0 aromatic heterocycles. The third-order valence-corrected chi connectivity index (χ3v) is 5.73. The minimum absolute atomic E-state index is 0.112. The highest BCUT2D eigenvalue weighted by atomic mass is 16.7. The van der Waals surface area contributed by atoms with Crippen LogP contribution in [0.25, 0.3) is 0 Å². The quantitative estimate of drug-likeness (QED) is 0.268. The average Bonchev–Trinajstić information content (AvgIpc) is 3.13. The largest absolute Gasteiger partial charge is 0.462 e. The van der Waals surface area contributed by atoms with Gasteiger partial charge >= 0.3 is 5.97 Å². The van der Waals surface area contributed by atoms with Gasteiger partial charge in [0.15, 0.2) is 0 Å². The maximum Gasteiger partial charge on any atom is 0.315 e. The Morgan fingerprint density at radius 1 is 1.12 bits per heavy atom. The number of carbonyl (C=O) groups excluding carboxylic acids is 1. The van der Waals surface area contributed by atoms with E-state index in [1.807, 2.05) is 6.92 Å². The highest BCUT2D eigenvalue weighted by Crippen LogP contribution is 2.37. The molecule has 0 spiro atoms. The zero-order chi connectivity index (χ0) is 23.4. The first-order chi connectivity index (χ1) is 15.2. The first-order valence-electron chi connectivity index (χ1n) is 10.8. The van der Waals surface area contributed by atoms with Crippen molar-refractivity contribution < 1.29 is 39.4 Å². The maximum absolute atomic E-state index is 11.9. The molecule has 0 unspecified atom stereocenters. The number of carbonyl (C=O) groups is 1. The Morgan fingerprint density at radius 3 is 2.56 bits per heavy atom. The normalized spacial score (nSPS) is 27.7. The molecule has 0 aliphatic carbocycles. The Kier molecular flexibility index (Phi) is 8.08. The van der Waals surface area contributed by atoms with Crippen LogP contribution < -0.4 is 9.47 Å². The van der Waals surface area contributed by atoms with E-state index in [-0.39, 0.29) is 12.4 Å². The SMILES string of the molecule is CC(C)=CCC/C(C)=C/Cc1c(O[C@@H]2O[C@H](CO)[C@@H](O)[C@H](O)[C@H]2O)ccc2c1CC(=O)O2. The molecule has 1 aromatic rings. The van der Waals surface area contributed by atoms with Crippen molar-refractivity contribution in [1.82, 2.24) is 0 Å². The highest BCUT2D eigenvalue weighted by Gasteiger charge is 2.45. The molecule has 32 heavy (non-hydrogen) atoms. The molecule has 0 saturated carbocycles. The van der Waals surface area contributed by atoms with Gasteiger partial charge in [-0.3, -0.25) is 4.79 Å². The Morgan fingerprint density at radius 2 is 1.88 bits per heavy atom. The van der Waals surface area contributed by atoms with Crippen molar-refractivity contribution in [3.05, 3.63) is 46.6 Å². The predicted octanol–water partition coefficient (Wildman–Crippen LogP) is 1.56. The zero-order valence-electron chi connectivity index (χ0n) is 18.7. The van der Waals surface area contributed by atoms with E-state index in [1.54, 1.807) is 12.1 Å². The van der Waals surface area contributed by atoms with E-state index in [4.69, 9.17) is 14.2 Å². The van der Waals surface area contributed by atoms with Crippen LogP contribution in [0.5, 0.6) is 11.5 Å². The number of aliphatic hydroxyl groups excluding tert-OH is 4. The van der Waals surface area contributed by atoms with Crippen molar-refractivity contribution in [2.75, 3.05) is 6.61 Å². The Balaban J connectivity index is 1.84. The fourth-order valence-corrected chi connectivity index (χ4v) is 3.83. The summed E-state index contributed by atoms with van der Waals surface area (Å²) in [5.74, 6) is 0.497. The summed E-state index contributed by atoms with van der Waals surface area (Å²) >= 11 is 0. The van der Waals surface area contributed by atoms with E-state index in [2.05, 4.69) is 26.0 Å². The van der Waals surface area contributed by atoms with Crippen molar-refractivity contribution in [3.63, 3.8) is 0 Å². The van der Waals surface area contributed by atoms with Crippen LogP contribution >= 0.6 is 0 Å². The van der Waals surface area contributed by atoms with Gasteiger partial charge in [0.25, 0.3) is 0 Å². The molecule has 5 atom stereocenters. The van der Waals surface area contributed by atoms with Gasteiger partial charge in [0.1, 0.15) is 35.9 Å². The number of benzene rings is 1. The van der Waals surface area contributed by atoms with Crippen LogP contribution in [0.4, 0.5) is 0 Å². The zero-order valence-corrected chi connectivity index (χ0v) is 18.7. The van der Waals surface area contributed by atoms with E-state index in [0.717, 1.165) is 18.4 Å². The predicted molar refractivity (Wildman–Crippen MR) is 116 cm³/mol. The fourth-order valence-electron chi connectivity index (χ4n) is 3.83. The second-order valence-electron chi connectivity index (χ2n) is 8.56. The van der Waals surface area contributed by atoms with Gasteiger partial charge in [-0.2, -0.15) is 0 Å². The summed E-state index contributed by atoms with van der Waals surface area (Å²) in [6, 6.07) is 3.25. The van der Waals surface area contributed by atoms with Crippen molar-refractivity contribution in [2.24, 2.45) is 0 Å². The Hall–Kier alpha value is -2.23. The van der Waals surface area contributed by atoms with Gasteiger partial charge in [-0.25, -0.2) is 0 Å². The second kappa shape index (κ2) is 10.6. The van der Waals surface area contributed by atoms with E-state index in [0.29, 0.717) is 23.5 Å². The van der Waals surface area contributed by atoms with Crippen LogP contribution in [0.2, 0.25) is 0 Å². The molecule has 8 heteroatoms. The van der Waals surface area contributed by atoms with Gasteiger partial charge in [0.05, 0.1) is 13.0 Å². The lowest BCUT2D eigenvalue weighted by Crippen LogP contribution is -2.60. The van der Waals surface area contributed by atoms with Crippen LogP contribution in [-0.2, 0) is 22.4 Å². The van der Waals surface area contributed by atoms with Crippen molar-refractivity contribution in [1.29, 1.82) is 0 Å². The summed E-state index contributed by atoms with van der Waals surface area (Å²) < 4.78 is 16.6. The molecule has 1 saturated heterocycles. The monoisotopic (exact) mass is 448 g/mol. The molecule has 0 amide bonds. The summed E-state index contributed by atoms with van der Waals surface area (Å²) in [5.41, 5.74) is 3.89. The number of rotatable bonds is 8. The summed E-state index contributed by atoms with van der Waals surface area (Å²) in [6.45, 7) is 5.62. The van der Waals surface area contributed by atoms with Crippen LogP contribution in [-0.4, -0.2) is 63.7 Å². The van der Waals surface area contributed by atoms with Crippen LogP contribution in [0.15, 0.2) is 35.4 Å². The summed E-state index contributed by atoms with van der Waals surface area (Å²) in [7, 11) is 0. The third kappa shape index (κ3) is 5.57. The summed E-state index contributed by atoms with van der Waals surface area (Å²) in [5, 5.41) is 39.8. The van der Waals surface area contributed by atoms with E-state index < -0.39 is 37.3 Å². The number of fused-ring (bicyclic) bond motifs is 1. The molecule has 2 heterocycles. The second-order valence-corrected chi connectivity index (χ2v) is 8.56. The first-order valence-corrected chi connectivity index (χ1v) is 10.8. The maximum atomic E-state index is 11.9. The Labute approximate surface area is 187 Å². The van der Waals surface area contributed by atoms with Gasteiger partial charge in [-0.15, -0.1) is 0 Å². The Bertz CT molecular complexity index is 884. The molecule has 8 nitrogen and oxygen atoms in total. The molecule has 3 rings (SSSR count). The lowest BCUT2D eigenvalue weighted by atomic mass is 9.98. The molecule has 0 radical (unpaired) electrons. The van der Waals surface area contributed by atoms with Crippen LogP contribution in [0, 0.1) is 0 Å². The van der Waals surface area contributed by atoms with Gasteiger partial charge in [-0.05, 0) is 52.2 Å². The molecule has 0 bridgehead atoms. The van der Waals surface area contributed by atoms with Gasteiger partial charge in [0.2, 0.25) is 6.29 Å². The molecule has 2 aliphatic rings. The number of esters is 1. The molecule has 1 aromatic carbocycles. The minimum Gasteiger partial charge on any atom is -0.462 e. The third-order valence-electron chi connectivity index (χ3n) is 5.73. The molecular formula is C24H32O8. The van der Waals surface area contributed by atoms with Crippen molar-refractivity contribution >= 4 is 5.97 Å².